The number of hydrogen-bond donors (Lipinski definition) is 1. The highest BCUT2D eigenvalue weighted by atomic mass is 79.9. The normalized spacial score (nSPS) is 12.2. The van der Waals surface area contributed by atoms with Gasteiger partial charge in [-0.3, -0.25) is 0 Å². The maximum absolute atomic E-state index is 10.5. The van der Waals surface area contributed by atoms with Gasteiger partial charge in [-0.05, 0) is 42.7 Å². The number of aryl methyl sites for hydroxylation is 1. The highest BCUT2D eigenvalue weighted by Gasteiger charge is 2.15. The van der Waals surface area contributed by atoms with Crippen LogP contribution < -0.4 is 4.74 Å². The number of aliphatic hydroxyl groups excluding tert-OH is 1. The van der Waals surface area contributed by atoms with E-state index in [1.807, 2.05) is 56.3 Å². The zero-order chi connectivity index (χ0) is 13.8. The first-order valence-electron chi connectivity index (χ1n) is 6.29. The van der Waals surface area contributed by atoms with Crippen molar-refractivity contribution in [3.63, 3.8) is 0 Å². The number of rotatable bonds is 4. The number of hydrogen-bond acceptors (Lipinski definition) is 2. The SMILES string of the molecule is CCOc1ccc(C(O)c2ccccc2C)c(Br)c1. The molecule has 2 rings (SSSR count). The van der Waals surface area contributed by atoms with E-state index in [0.29, 0.717) is 6.61 Å². The third kappa shape index (κ3) is 3.17. The van der Waals surface area contributed by atoms with Crippen molar-refractivity contribution >= 4 is 15.9 Å². The second-order valence-electron chi connectivity index (χ2n) is 4.38. The Labute approximate surface area is 122 Å². The first-order chi connectivity index (χ1) is 9.13. The molecule has 100 valence electrons. The van der Waals surface area contributed by atoms with Crippen molar-refractivity contribution in [1.82, 2.24) is 0 Å². The van der Waals surface area contributed by atoms with Crippen molar-refractivity contribution in [3.05, 3.63) is 63.6 Å². The van der Waals surface area contributed by atoms with E-state index in [1.165, 1.54) is 0 Å². The molecule has 0 radical (unpaired) electrons. The van der Waals surface area contributed by atoms with Gasteiger partial charge in [-0.15, -0.1) is 0 Å². The Balaban J connectivity index is 2.34. The summed E-state index contributed by atoms with van der Waals surface area (Å²) in [4.78, 5) is 0. The minimum absolute atomic E-state index is 0.631. The number of aliphatic hydroxyl groups is 1. The topological polar surface area (TPSA) is 29.5 Å². The molecule has 1 unspecified atom stereocenters. The fourth-order valence-corrected chi connectivity index (χ4v) is 2.62. The summed E-state index contributed by atoms with van der Waals surface area (Å²) >= 11 is 3.50. The lowest BCUT2D eigenvalue weighted by molar-refractivity contribution is 0.218. The highest BCUT2D eigenvalue weighted by molar-refractivity contribution is 9.10. The molecule has 0 fully saturated rings. The van der Waals surface area contributed by atoms with Crippen LogP contribution in [0.4, 0.5) is 0 Å². The smallest absolute Gasteiger partial charge is 0.120 e. The van der Waals surface area contributed by atoms with E-state index in [2.05, 4.69) is 15.9 Å². The van der Waals surface area contributed by atoms with Crippen LogP contribution in [0.2, 0.25) is 0 Å². The summed E-state index contributed by atoms with van der Waals surface area (Å²) in [6.45, 7) is 4.58. The molecule has 19 heavy (non-hydrogen) atoms. The standard InChI is InChI=1S/C16H17BrO2/c1-3-19-12-8-9-14(15(17)10-12)16(18)13-7-5-4-6-11(13)2/h4-10,16,18H,3H2,1-2H3. The molecule has 0 aliphatic rings. The summed E-state index contributed by atoms with van der Waals surface area (Å²) < 4.78 is 6.29. The predicted octanol–water partition coefficient (Wildman–Crippen LogP) is 4.24. The molecule has 0 bridgehead atoms. The van der Waals surface area contributed by atoms with Crippen LogP contribution in [0.3, 0.4) is 0 Å². The Bertz CT molecular complexity index is 566. The van der Waals surface area contributed by atoms with E-state index in [1.54, 1.807) is 0 Å². The van der Waals surface area contributed by atoms with Gasteiger partial charge in [0.05, 0.1) is 6.61 Å². The Kier molecular flexibility index (Phi) is 4.61. The fourth-order valence-electron chi connectivity index (χ4n) is 2.05. The summed E-state index contributed by atoms with van der Waals surface area (Å²) in [6, 6.07) is 13.5. The van der Waals surface area contributed by atoms with Crippen molar-refractivity contribution < 1.29 is 9.84 Å². The lowest BCUT2D eigenvalue weighted by Crippen LogP contribution is -2.03. The second kappa shape index (κ2) is 6.22. The van der Waals surface area contributed by atoms with Gasteiger partial charge in [0.1, 0.15) is 11.9 Å². The lowest BCUT2D eigenvalue weighted by Gasteiger charge is -2.16. The third-order valence-electron chi connectivity index (χ3n) is 3.06. The Hall–Kier alpha value is -1.32. The molecule has 0 saturated carbocycles. The molecule has 3 heteroatoms. The molecule has 1 atom stereocenters. The Morgan fingerprint density at radius 3 is 2.53 bits per heavy atom. The van der Waals surface area contributed by atoms with Gasteiger partial charge >= 0.3 is 0 Å². The molecule has 2 nitrogen and oxygen atoms in total. The molecular formula is C16H17BrO2. The monoisotopic (exact) mass is 320 g/mol. The molecule has 0 spiro atoms. The van der Waals surface area contributed by atoms with Crippen LogP contribution in [0.1, 0.15) is 29.7 Å². The van der Waals surface area contributed by atoms with Gasteiger partial charge in [0.15, 0.2) is 0 Å². The average Bonchev–Trinajstić information content (AvgIpc) is 2.39. The number of ether oxygens (including phenoxy) is 1. The highest BCUT2D eigenvalue weighted by Crippen LogP contribution is 2.32. The van der Waals surface area contributed by atoms with Crippen LogP contribution in [0.5, 0.6) is 5.75 Å². The van der Waals surface area contributed by atoms with Crippen molar-refractivity contribution in [2.75, 3.05) is 6.61 Å². The Morgan fingerprint density at radius 1 is 1.16 bits per heavy atom. The molecular weight excluding hydrogens is 304 g/mol. The molecule has 1 N–H and O–H groups in total. The van der Waals surface area contributed by atoms with Gasteiger partial charge in [0, 0.05) is 4.47 Å². The molecule has 0 heterocycles. The molecule has 0 aliphatic heterocycles. The van der Waals surface area contributed by atoms with Gasteiger partial charge in [0.2, 0.25) is 0 Å². The minimum Gasteiger partial charge on any atom is -0.494 e. The van der Waals surface area contributed by atoms with Crippen molar-refractivity contribution in [1.29, 1.82) is 0 Å². The molecule has 0 aromatic heterocycles. The van der Waals surface area contributed by atoms with E-state index >= 15 is 0 Å². The molecule has 0 saturated heterocycles. The zero-order valence-electron chi connectivity index (χ0n) is 11.1. The van der Waals surface area contributed by atoms with Gasteiger partial charge in [-0.25, -0.2) is 0 Å². The van der Waals surface area contributed by atoms with Crippen LogP contribution in [-0.2, 0) is 0 Å². The molecule has 2 aromatic rings. The quantitative estimate of drug-likeness (QED) is 0.913. The van der Waals surface area contributed by atoms with Crippen molar-refractivity contribution in [3.8, 4) is 5.75 Å². The maximum Gasteiger partial charge on any atom is 0.120 e. The molecule has 0 aliphatic carbocycles. The van der Waals surface area contributed by atoms with E-state index in [-0.39, 0.29) is 0 Å². The third-order valence-corrected chi connectivity index (χ3v) is 3.75. The zero-order valence-corrected chi connectivity index (χ0v) is 12.6. The molecule has 2 aromatic carbocycles. The van der Waals surface area contributed by atoms with Crippen LogP contribution in [-0.4, -0.2) is 11.7 Å². The summed E-state index contributed by atoms with van der Waals surface area (Å²) in [5.41, 5.74) is 2.85. The molecule has 0 amide bonds. The second-order valence-corrected chi connectivity index (χ2v) is 5.23. The summed E-state index contributed by atoms with van der Waals surface area (Å²) in [7, 11) is 0. The van der Waals surface area contributed by atoms with Crippen molar-refractivity contribution in [2.24, 2.45) is 0 Å². The maximum atomic E-state index is 10.5. The number of halogens is 1. The summed E-state index contributed by atoms with van der Waals surface area (Å²) in [5.74, 6) is 0.801. The van der Waals surface area contributed by atoms with E-state index in [4.69, 9.17) is 4.74 Å². The lowest BCUT2D eigenvalue weighted by atomic mass is 9.97. The van der Waals surface area contributed by atoms with E-state index in [0.717, 1.165) is 26.9 Å². The first-order valence-corrected chi connectivity index (χ1v) is 7.08. The van der Waals surface area contributed by atoms with Crippen LogP contribution in [0.25, 0.3) is 0 Å². The van der Waals surface area contributed by atoms with Crippen LogP contribution in [0, 0.1) is 6.92 Å². The van der Waals surface area contributed by atoms with Gasteiger partial charge in [-0.2, -0.15) is 0 Å². The van der Waals surface area contributed by atoms with Crippen LogP contribution in [0.15, 0.2) is 46.9 Å². The number of benzene rings is 2. The fraction of sp³-hybridized carbons (Fsp3) is 0.250. The predicted molar refractivity (Wildman–Crippen MR) is 80.6 cm³/mol. The van der Waals surface area contributed by atoms with Crippen LogP contribution >= 0.6 is 15.9 Å². The average molecular weight is 321 g/mol. The largest absolute Gasteiger partial charge is 0.494 e. The Morgan fingerprint density at radius 2 is 1.89 bits per heavy atom. The van der Waals surface area contributed by atoms with E-state index < -0.39 is 6.10 Å². The van der Waals surface area contributed by atoms with Crippen molar-refractivity contribution in [2.45, 2.75) is 20.0 Å². The van der Waals surface area contributed by atoms with E-state index in [9.17, 15) is 5.11 Å². The van der Waals surface area contributed by atoms with Gasteiger partial charge in [-0.1, -0.05) is 46.3 Å². The first kappa shape index (κ1) is 14.1. The minimum atomic E-state index is -0.633. The summed E-state index contributed by atoms with van der Waals surface area (Å²) in [5, 5.41) is 10.5. The van der Waals surface area contributed by atoms with Gasteiger partial charge in [0.25, 0.3) is 0 Å². The summed E-state index contributed by atoms with van der Waals surface area (Å²) in [6.07, 6.45) is -0.633. The van der Waals surface area contributed by atoms with Gasteiger partial charge < -0.3 is 9.84 Å².